The number of hydrogen-bond donors (Lipinski definition) is 0. The highest BCUT2D eigenvalue weighted by Gasteiger charge is 2.09. The SMILES string of the molecule is CCC/C=C/Cc1cccc(-c2cn(C)cc(-c3cccc(CCC)c3)c2=S)c1. The Morgan fingerprint density at radius 2 is 1.45 bits per heavy atom. The van der Waals surface area contributed by atoms with E-state index < -0.39 is 0 Å². The van der Waals surface area contributed by atoms with Crippen molar-refractivity contribution in [3.63, 3.8) is 0 Å². The van der Waals surface area contributed by atoms with E-state index in [2.05, 4.69) is 98.5 Å². The third-order valence-corrected chi connectivity index (χ3v) is 5.58. The number of benzene rings is 2. The Bertz CT molecular complexity index is 1040. The Balaban J connectivity index is 2.00. The van der Waals surface area contributed by atoms with Crippen molar-refractivity contribution in [3.05, 3.63) is 88.7 Å². The highest BCUT2D eigenvalue weighted by molar-refractivity contribution is 7.71. The van der Waals surface area contributed by atoms with Crippen LogP contribution in [0.25, 0.3) is 22.3 Å². The predicted molar refractivity (Wildman–Crippen MR) is 129 cm³/mol. The molecule has 0 N–H and O–H groups in total. The third-order valence-electron chi connectivity index (χ3n) is 5.14. The monoisotopic (exact) mass is 401 g/mol. The molecular formula is C27H31NS. The highest BCUT2D eigenvalue weighted by atomic mass is 32.1. The van der Waals surface area contributed by atoms with E-state index in [1.807, 2.05) is 0 Å². The van der Waals surface area contributed by atoms with Crippen LogP contribution in [0.3, 0.4) is 0 Å². The molecule has 0 saturated carbocycles. The normalized spacial score (nSPS) is 11.3. The largest absolute Gasteiger partial charge is 0.356 e. The quantitative estimate of drug-likeness (QED) is 0.274. The standard InChI is InChI=1S/C27H31NS/c1-4-6-7-8-12-22-14-10-16-24(18-22)26-20-28(3)19-25(27(26)29)23-15-9-13-21(17-23)11-5-2/h7-10,13-20H,4-6,11-12H2,1-3H3/b8-7+. The number of hydrogen-bond acceptors (Lipinski definition) is 1. The van der Waals surface area contributed by atoms with E-state index in [1.165, 1.54) is 28.7 Å². The lowest BCUT2D eigenvalue weighted by Crippen LogP contribution is -1.96. The molecule has 2 aromatic carbocycles. The highest BCUT2D eigenvalue weighted by Crippen LogP contribution is 2.30. The van der Waals surface area contributed by atoms with Gasteiger partial charge in [0.1, 0.15) is 0 Å². The van der Waals surface area contributed by atoms with E-state index in [0.29, 0.717) is 0 Å². The summed E-state index contributed by atoms with van der Waals surface area (Å²) in [6.07, 6.45) is 14.4. The summed E-state index contributed by atoms with van der Waals surface area (Å²) >= 11 is 5.96. The fourth-order valence-electron chi connectivity index (χ4n) is 3.67. The van der Waals surface area contributed by atoms with Crippen molar-refractivity contribution >= 4 is 12.2 Å². The van der Waals surface area contributed by atoms with Crippen LogP contribution in [-0.2, 0) is 19.9 Å². The molecule has 0 saturated heterocycles. The fraction of sp³-hybridized carbons (Fsp3) is 0.296. The molecular weight excluding hydrogens is 370 g/mol. The molecule has 3 aromatic rings. The lowest BCUT2D eigenvalue weighted by atomic mass is 9.98. The van der Waals surface area contributed by atoms with Gasteiger partial charge in [-0.05, 0) is 41.5 Å². The number of unbranched alkanes of at least 4 members (excludes halogenated alkanes) is 1. The van der Waals surface area contributed by atoms with E-state index in [0.717, 1.165) is 41.3 Å². The molecule has 29 heavy (non-hydrogen) atoms. The van der Waals surface area contributed by atoms with Crippen LogP contribution in [0, 0.1) is 4.51 Å². The molecule has 0 radical (unpaired) electrons. The second-order valence-corrected chi connectivity index (χ2v) is 8.10. The van der Waals surface area contributed by atoms with Crippen molar-refractivity contribution < 1.29 is 0 Å². The molecule has 0 aliphatic carbocycles. The Labute approximate surface area is 180 Å². The van der Waals surface area contributed by atoms with Gasteiger partial charge >= 0.3 is 0 Å². The van der Waals surface area contributed by atoms with Crippen molar-refractivity contribution in [1.82, 2.24) is 4.57 Å². The Morgan fingerprint density at radius 3 is 2.07 bits per heavy atom. The molecule has 0 spiro atoms. The van der Waals surface area contributed by atoms with Crippen LogP contribution in [0.15, 0.2) is 73.1 Å². The van der Waals surface area contributed by atoms with E-state index in [-0.39, 0.29) is 0 Å². The molecule has 1 heterocycles. The van der Waals surface area contributed by atoms with Gasteiger partial charge in [0, 0.05) is 30.6 Å². The fourth-order valence-corrected chi connectivity index (χ4v) is 4.01. The van der Waals surface area contributed by atoms with Crippen LogP contribution < -0.4 is 0 Å². The van der Waals surface area contributed by atoms with Gasteiger partial charge in [-0.25, -0.2) is 0 Å². The zero-order valence-corrected chi connectivity index (χ0v) is 18.6. The van der Waals surface area contributed by atoms with Gasteiger partial charge in [-0.15, -0.1) is 0 Å². The van der Waals surface area contributed by atoms with Gasteiger partial charge < -0.3 is 4.57 Å². The maximum atomic E-state index is 5.96. The van der Waals surface area contributed by atoms with Gasteiger partial charge in [0.2, 0.25) is 0 Å². The summed E-state index contributed by atoms with van der Waals surface area (Å²) in [6, 6.07) is 17.6. The van der Waals surface area contributed by atoms with E-state index in [9.17, 15) is 0 Å². The first-order valence-electron chi connectivity index (χ1n) is 10.7. The van der Waals surface area contributed by atoms with Crippen LogP contribution in [0.4, 0.5) is 0 Å². The maximum Gasteiger partial charge on any atom is 0.0563 e. The lowest BCUT2D eigenvalue weighted by Gasteiger charge is -2.12. The molecule has 0 fully saturated rings. The van der Waals surface area contributed by atoms with E-state index in [4.69, 9.17) is 12.2 Å². The minimum absolute atomic E-state index is 0.926. The molecule has 0 bridgehead atoms. The van der Waals surface area contributed by atoms with Gasteiger partial charge in [0.05, 0.1) is 4.51 Å². The van der Waals surface area contributed by atoms with Gasteiger partial charge in [-0.2, -0.15) is 0 Å². The summed E-state index contributed by atoms with van der Waals surface area (Å²) in [7, 11) is 2.08. The molecule has 0 amide bonds. The van der Waals surface area contributed by atoms with Crippen LogP contribution in [0.5, 0.6) is 0 Å². The second-order valence-electron chi connectivity index (χ2n) is 7.70. The number of aryl methyl sites for hydroxylation is 2. The molecule has 0 aliphatic rings. The van der Waals surface area contributed by atoms with Crippen molar-refractivity contribution in [2.75, 3.05) is 0 Å². The van der Waals surface area contributed by atoms with Crippen LogP contribution >= 0.6 is 12.2 Å². The summed E-state index contributed by atoms with van der Waals surface area (Å²) in [5.41, 5.74) is 7.35. The topological polar surface area (TPSA) is 4.93 Å². The second kappa shape index (κ2) is 10.4. The van der Waals surface area contributed by atoms with Crippen LogP contribution in [-0.4, -0.2) is 4.57 Å². The number of allylic oxidation sites excluding steroid dienone is 2. The summed E-state index contributed by atoms with van der Waals surface area (Å²) in [6.45, 7) is 4.43. The molecule has 0 atom stereocenters. The lowest BCUT2D eigenvalue weighted by molar-refractivity contribution is 0.905. The average Bonchev–Trinajstić information content (AvgIpc) is 2.73. The van der Waals surface area contributed by atoms with E-state index >= 15 is 0 Å². The minimum Gasteiger partial charge on any atom is -0.356 e. The van der Waals surface area contributed by atoms with Gasteiger partial charge in [0.25, 0.3) is 0 Å². The Hall–Kier alpha value is -2.45. The smallest absolute Gasteiger partial charge is 0.0563 e. The average molecular weight is 402 g/mol. The first-order chi connectivity index (χ1) is 14.1. The van der Waals surface area contributed by atoms with Crippen molar-refractivity contribution in [3.8, 4) is 22.3 Å². The number of rotatable bonds is 8. The number of pyridine rings is 1. The molecule has 2 heteroatoms. The summed E-state index contributed by atoms with van der Waals surface area (Å²) in [5.74, 6) is 0. The summed E-state index contributed by atoms with van der Waals surface area (Å²) in [4.78, 5) is 0. The molecule has 3 rings (SSSR count). The van der Waals surface area contributed by atoms with Crippen LogP contribution in [0.1, 0.15) is 44.2 Å². The molecule has 1 aromatic heterocycles. The predicted octanol–water partition coefficient (Wildman–Crippen LogP) is 7.94. The van der Waals surface area contributed by atoms with Gasteiger partial charge in [0.15, 0.2) is 0 Å². The number of nitrogens with zero attached hydrogens (tertiary/aromatic N) is 1. The van der Waals surface area contributed by atoms with Crippen LogP contribution in [0.2, 0.25) is 0 Å². The Morgan fingerprint density at radius 1 is 0.828 bits per heavy atom. The van der Waals surface area contributed by atoms with Crippen molar-refractivity contribution in [2.24, 2.45) is 7.05 Å². The first-order valence-corrected chi connectivity index (χ1v) is 11.1. The van der Waals surface area contributed by atoms with Crippen molar-refractivity contribution in [1.29, 1.82) is 0 Å². The first kappa shape index (κ1) is 21.3. The maximum absolute atomic E-state index is 5.96. The number of aromatic nitrogens is 1. The molecule has 150 valence electrons. The summed E-state index contributed by atoms with van der Waals surface area (Å²) < 4.78 is 3.05. The molecule has 1 nitrogen and oxygen atoms in total. The minimum atomic E-state index is 0.926. The van der Waals surface area contributed by atoms with E-state index in [1.54, 1.807) is 0 Å². The van der Waals surface area contributed by atoms with Gasteiger partial charge in [-0.3, -0.25) is 0 Å². The molecule has 0 unspecified atom stereocenters. The molecule has 0 aliphatic heterocycles. The van der Waals surface area contributed by atoms with Crippen molar-refractivity contribution in [2.45, 2.75) is 46.0 Å². The van der Waals surface area contributed by atoms with Gasteiger partial charge in [-0.1, -0.05) is 99.6 Å². The zero-order valence-electron chi connectivity index (χ0n) is 17.8. The third kappa shape index (κ3) is 5.55. The Kier molecular flexibility index (Phi) is 7.60. The zero-order chi connectivity index (χ0) is 20.6. The summed E-state index contributed by atoms with van der Waals surface area (Å²) in [5, 5.41) is 0.